The molecule has 1 aromatic carbocycles. The highest BCUT2D eigenvalue weighted by atomic mass is 16.5. The van der Waals surface area contributed by atoms with Crippen LogP contribution in [0.3, 0.4) is 0 Å². The Balaban J connectivity index is 1.67. The van der Waals surface area contributed by atoms with Crippen molar-refractivity contribution >= 4 is 6.41 Å². The van der Waals surface area contributed by atoms with Crippen LogP contribution in [0.4, 0.5) is 0 Å². The molecule has 0 N–H and O–H groups in total. The van der Waals surface area contributed by atoms with Crippen molar-refractivity contribution in [3.63, 3.8) is 0 Å². The summed E-state index contributed by atoms with van der Waals surface area (Å²) in [6.45, 7) is 3.08. The lowest BCUT2D eigenvalue weighted by Crippen LogP contribution is -2.35. The maximum atomic E-state index is 11.1. The molecule has 2 saturated heterocycles. The van der Waals surface area contributed by atoms with Gasteiger partial charge < -0.3 is 14.5 Å². The van der Waals surface area contributed by atoms with Crippen LogP contribution in [-0.4, -0.2) is 49.0 Å². The number of nitrogens with zero attached hydrogens (tertiary/aromatic N) is 2. The molecule has 0 aromatic heterocycles. The summed E-state index contributed by atoms with van der Waals surface area (Å²) in [5.74, 6) is 0.944. The molecule has 2 heterocycles. The number of piperidine rings is 1. The standard InChI is InChI=1S/C17H24N2O2/c1-18-10-7-15(8-11-18)21-16-5-2-4-14(12-16)17-6-3-9-19(17)13-20/h2,4-5,12-13,15,17H,3,6-11H2,1H3. The van der Waals surface area contributed by atoms with E-state index < -0.39 is 0 Å². The topological polar surface area (TPSA) is 32.8 Å². The van der Waals surface area contributed by atoms with Crippen molar-refractivity contribution in [2.24, 2.45) is 0 Å². The second kappa shape index (κ2) is 6.48. The molecule has 21 heavy (non-hydrogen) atoms. The van der Waals surface area contributed by atoms with Crippen LogP contribution < -0.4 is 4.74 Å². The molecule has 0 aliphatic carbocycles. The van der Waals surface area contributed by atoms with Crippen molar-refractivity contribution < 1.29 is 9.53 Å². The minimum absolute atomic E-state index is 0.225. The van der Waals surface area contributed by atoms with Crippen molar-refractivity contribution in [2.45, 2.75) is 37.8 Å². The van der Waals surface area contributed by atoms with Crippen molar-refractivity contribution in [1.82, 2.24) is 9.80 Å². The maximum Gasteiger partial charge on any atom is 0.210 e. The van der Waals surface area contributed by atoms with E-state index in [1.54, 1.807) is 0 Å². The highest BCUT2D eigenvalue weighted by molar-refractivity contribution is 5.50. The van der Waals surface area contributed by atoms with E-state index in [1.807, 2.05) is 17.0 Å². The molecule has 1 atom stereocenters. The monoisotopic (exact) mass is 288 g/mol. The van der Waals surface area contributed by atoms with E-state index in [1.165, 1.54) is 5.56 Å². The SMILES string of the molecule is CN1CCC(Oc2cccc(C3CCCN3C=O)c2)CC1. The molecular weight excluding hydrogens is 264 g/mol. The predicted octanol–water partition coefficient (Wildman–Crippen LogP) is 2.45. The van der Waals surface area contributed by atoms with Gasteiger partial charge in [0.05, 0.1) is 6.04 Å². The fourth-order valence-corrected chi connectivity index (χ4v) is 3.36. The summed E-state index contributed by atoms with van der Waals surface area (Å²) >= 11 is 0. The van der Waals surface area contributed by atoms with Crippen LogP contribution >= 0.6 is 0 Å². The second-order valence-corrected chi connectivity index (χ2v) is 6.19. The average Bonchev–Trinajstić information content (AvgIpc) is 2.98. The van der Waals surface area contributed by atoms with Gasteiger partial charge in [0, 0.05) is 19.6 Å². The maximum absolute atomic E-state index is 11.1. The van der Waals surface area contributed by atoms with Crippen LogP contribution in [0.1, 0.15) is 37.3 Å². The van der Waals surface area contributed by atoms with E-state index in [0.29, 0.717) is 6.10 Å². The molecule has 2 aliphatic rings. The van der Waals surface area contributed by atoms with Crippen LogP contribution in [0.5, 0.6) is 5.75 Å². The fraction of sp³-hybridized carbons (Fsp3) is 0.588. The summed E-state index contributed by atoms with van der Waals surface area (Å²) in [7, 11) is 2.16. The highest BCUT2D eigenvalue weighted by Crippen LogP contribution is 2.32. The molecule has 1 unspecified atom stereocenters. The second-order valence-electron chi connectivity index (χ2n) is 6.19. The Bertz CT molecular complexity index is 483. The molecule has 4 heteroatoms. The zero-order valence-electron chi connectivity index (χ0n) is 12.7. The number of hydrogen-bond acceptors (Lipinski definition) is 3. The molecule has 0 spiro atoms. The van der Waals surface area contributed by atoms with Gasteiger partial charge in [0.25, 0.3) is 0 Å². The first-order valence-corrected chi connectivity index (χ1v) is 7.92. The van der Waals surface area contributed by atoms with E-state index in [4.69, 9.17) is 4.74 Å². The number of ether oxygens (including phenoxy) is 1. The molecule has 2 fully saturated rings. The number of rotatable bonds is 4. The molecule has 0 radical (unpaired) electrons. The van der Waals surface area contributed by atoms with E-state index in [0.717, 1.165) is 57.5 Å². The van der Waals surface area contributed by atoms with Crippen molar-refractivity contribution in [2.75, 3.05) is 26.7 Å². The van der Waals surface area contributed by atoms with E-state index in [9.17, 15) is 4.79 Å². The smallest absolute Gasteiger partial charge is 0.210 e. The largest absolute Gasteiger partial charge is 0.490 e. The van der Waals surface area contributed by atoms with Crippen LogP contribution in [0.15, 0.2) is 24.3 Å². The van der Waals surface area contributed by atoms with Gasteiger partial charge in [0.1, 0.15) is 11.9 Å². The molecule has 2 aliphatic heterocycles. The van der Waals surface area contributed by atoms with Gasteiger partial charge in [-0.05, 0) is 50.4 Å². The van der Waals surface area contributed by atoms with Gasteiger partial charge in [-0.1, -0.05) is 12.1 Å². The fourth-order valence-electron chi connectivity index (χ4n) is 3.36. The Kier molecular flexibility index (Phi) is 4.44. The van der Waals surface area contributed by atoms with Gasteiger partial charge >= 0.3 is 0 Å². The van der Waals surface area contributed by atoms with Crippen LogP contribution in [0, 0.1) is 0 Å². The Morgan fingerprint density at radius 2 is 2.00 bits per heavy atom. The van der Waals surface area contributed by atoms with Crippen molar-refractivity contribution in [1.29, 1.82) is 0 Å². The summed E-state index contributed by atoms with van der Waals surface area (Å²) in [5.41, 5.74) is 1.20. The third-order valence-electron chi connectivity index (χ3n) is 4.64. The van der Waals surface area contributed by atoms with E-state index in [2.05, 4.69) is 24.1 Å². The Labute approximate surface area is 126 Å². The Morgan fingerprint density at radius 3 is 2.76 bits per heavy atom. The summed E-state index contributed by atoms with van der Waals surface area (Å²) in [4.78, 5) is 15.4. The van der Waals surface area contributed by atoms with Gasteiger partial charge in [0.15, 0.2) is 0 Å². The molecule has 0 saturated carbocycles. The quantitative estimate of drug-likeness (QED) is 0.798. The van der Waals surface area contributed by atoms with Crippen molar-refractivity contribution in [3.05, 3.63) is 29.8 Å². The number of carbonyl (C=O) groups excluding carboxylic acids is 1. The van der Waals surface area contributed by atoms with Gasteiger partial charge in [-0.3, -0.25) is 4.79 Å². The summed E-state index contributed by atoms with van der Waals surface area (Å²) in [6.07, 6.45) is 5.61. The zero-order chi connectivity index (χ0) is 14.7. The molecule has 114 valence electrons. The third-order valence-corrected chi connectivity index (χ3v) is 4.64. The normalized spacial score (nSPS) is 24.2. The lowest BCUT2D eigenvalue weighted by molar-refractivity contribution is -0.118. The third kappa shape index (κ3) is 3.38. The Hall–Kier alpha value is -1.55. The Morgan fingerprint density at radius 1 is 1.19 bits per heavy atom. The molecule has 0 bridgehead atoms. The lowest BCUT2D eigenvalue weighted by atomic mass is 10.0. The lowest BCUT2D eigenvalue weighted by Gasteiger charge is -2.29. The van der Waals surface area contributed by atoms with Crippen LogP contribution in [0.25, 0.3) is 0 Å². The predicted molar refractivity (Wildman–Crippen MR) is 82.3 cm³/mol. The number of likely N-dealkylation sites (tertiary alicyclic amines) is 2. The molecule has 1 aromatic rings. The van der Waals surface area contributed by atoms with Gasteiger partial charge in [-0.2, -0.15) is 0 Å². The number of amides is 1. The minimum atomic E-state index is 0.225. The summed E-state index contributed by atoms with van der Waals surface area (Å²) in [5, 5.41) is 0. The summed E-state index contributed by atoms with van der Waals surface area (Å²) < 4.78 is 6.14. The van der Waals surface area contributed by atoms with Gasteiger partial charge in [-0.15, -0.1) is 0 Å². The molecule has 3 rings (SSSR count). The average molecular weight is 288 g/mol. The minimum Gasteiger partial charge on any atom is -0.490 e. The molecule has 1 amide bonds. The first kappa shape index (κ1) is 14.4. The van der Waals surface area contributed by atoms with Crippen LogP contribution in [-0.2, 0) is 4.79 Å². The molecule has 4 nitrogen and oxygen atoms in total. The van der Waals surface area contributed by atoms with Gasteiger partial charge in [-0.25, -0.2) is 0 Å². The zero-order valence-corrected chi connectivity index (χ0v) is 12.7. The number of benzene rings is 1. The highest BCUT2D eigenvalue weighted by Gasteiger charge is 2.25. The van der Waals surface area contributed by atoms with Gasteiger partial charge in [0.2, 0.25) is 6.41 Å². The number of hydrogen-bond donors (Lipinski definition) is 0. The molecular formula is C17H24N2O2. The van der Waals surface area contributed by atoms with E-state index in [-0.39, 0.29) is 6.04 Å². The van der Waals surface area contributed by atoms with E-state index >= 15 is 0 Å². The summed E-state index contributed by atoms with van der Waals surface area (Å²) in [6, 6.07) is 8.52. The van der Waals surface area contributed by atoms with Crippen molar-refractivity contribution in [3.8, 4) is 5.75 Å². The first-order valence-electron chi connectivity index (χ1n) is 7.92. The first-order chi connectivity index (χ1) is 10.3. The van der Waals surface area contributed by atoms with Crippen LogP contribution in [0.2, 0.25) is 0 Å². The number of carbonyl (C=O) groups is 1.